The summed E-state index contributed by atoms with van der Waals surface area (Å²) in [6, 6.07) is 12.5. The maximum absolute atomic E-state index is 14.0. The molecule has 46 heavy (non-hydrogen) atoms. The Morgan fingerprint density at radius 1 is 0.978 bits per heavy atom. The van der Waals surface area contributed by atoms with Crippen LogP contribution in [0.5, 0.6) is 5.75 Å². The number of fused-ring (bicyclic) bond motifs is 1. The van der Waals surface area contributed by atoms with E-state index in [1.165, 1.54) is 24.2 Å². The van der Waals surface area contributed by atoms with Crippen LogP contribution < -0.4 is 15.0 Å². The van der Waals surface area contributed by atoms with Crippen LogP contribution in [0.4, 0.5) is 18.9 Å². The number of halogens is 3. The molecule has 3 aliphatic heterocycles. The first kappa shape index (κ1) is 33.1. The lowest BCUT2D eigenvalue weighted by molar-refractivity contribution is -0.139. The fourth-order valence-corrected chi connectivity index (χ4v) is 7.96. The number of anilines is 1. The lowest BCUT2D eigenvalue weighted by Gasteiger charge is -2.37. The van der Waals surface area contributed by atoms with Gasteiger partial charge in [0.1, 0.15) is 5.75 Å². The zero-order chi connectivity index (χ0) is 32.1. The van der Waals surface area contributed by atoms with E-state index in [9.17, 15) is 18.3 Å². The van der Waals surface area contributed by atoms with E-state index < -0.39 is 17.8 Å². The third-order valence-corrected chi connectivity index (χ3v) is 10.4. The van der Waals surface area contributed by atoms with Crippen molar-refractivity contribution in [3.05, 3.63) is 59.3 Å². The average molecular weight is 659 g/mol. The van der Waals surface area contributed by atoms with Crippen molar-refractivity contribution in [2.24, 2.45) is 0 Å². The number of nitrogens with one attached hydrogen (secondary N) is 1. The van der Waals surface area contributed by atoms with Crippen LogP contribution >= 0.6 is 11.8 Å². The highest BCUT2D eigenvalue weighted by atomic mass is 32.2. The summed E-state index contributed by atoms with van der Waals surface area (Å²) in [6.07, 6.45) is -0.739. The molecule has 4 heterocycles. The largest absolute Gasteiger partial charge is 0.497 e. The minimum absolute atomic E-state index is 0.252. The Morgan fingerprint density at radius 3 is 2.54 bits per heavy atom. The first-order valence-corrected chi connectivity index (χ1v) is 17.4. The zero-order valence-electron chi connectivity index (χ0n) is 26.6. The molecule has 0 saturated carbocycles. The molecule has 2 aromatic carbocycles. The fraction of sp³-hybridized carbons (Fsp3) is 0.559. The normalized spacial score (nSPS) is 18.8. The zero-order valence-corrected chi connectivity index (χ0v) is 27.4. The Labute approximate surface area is 273 Å². The first-order chi connectivity index (χ1) is 22.3. The van der Waals surface area contributed by atoms with Crippen molar-refractivity contribution in [2.75, 3.05) is 76.7 Å². The molecule has 0 aliphatic carbocycles. The molecule has 2 saturated heterocycles. The van der Waals surface area contributed by atoms with E-state index in [1.807, 2.05) is 22.9 Å². The Balaban J connectivity index is 1.13. The maximum Gasteiger partial charge on any atom is 0.417 e. The van der Waals surface area contributed by atoms with Crippen LogP contribution in [0.1, 0.15) is 36.1 Å². The second kappa shape index (κ2) is 15.0. The van der Waals surface area contributed by atoms with Crippen LogP contribution in [0.3, 0.4) is 0 Å². The minimum atomic E-state index is -4.42. The van der Waals surface area contributed by atoms with Crippen LogP contribution in [0.2, 0.25) is 0 Å². The van der Waals surface area contributed by atoms with Gasteiger partial charge in [-0.3, -0.25) is 9.58 Å². The molecular formula is C34H45F3N6O2S. The Morgan fingerprint density at radius 2 is 1.78 bits per heavy atom. The number of piperazine rings is 1. The van der Waals surface area contributed by atoms with E-state index in [4.69, 9.17) is 9.84 Å². The highest BCUT2D eigenvalue weighted by molar-refractivity contribution is 7.99. The number of hydrogen-bond acceptors (Lipinski definition) is 8. The SMILES string of the molecule is COc1cccc(N2CCN(CC(O)Cn3nc(-c4ccc(C(F)(F)F)c(SCCN5CCCCC5)c4)c4c3CCNC4)CC2)c1. The van der Waals surface area contributed by atoms with Gasteiger partial charge >= 0.3 is 6.18 Å². The average Bonchev–Trinajstić information content (AvgIpc) is 3.43. The molecule has 1 unspecified atom stereocenters. The Hall–Kier alpha value is -2.77. The van der Waals surface area contributed by atoms with E-state index in [2.05, 4.69) is 26.1 Å². The number of aliphatic hydroxyl groups is 1. The van der Waals surface area contributed by atoms with Crippen molar-refractivity contribution >= 4 is 17.4 Å². The molecule has 2 N–H and O–H groups in total. The summed E-state index contributed by atoms with van der Waals surface area (Å²) in [5.74, 6) is 1.45. The van der Waals surface area contributed by atoms with E-state index >= 15 is 0 Å². The van der Waals surface area contributed by atoms with Crippen molar-refractivity contribution in [2.45, 2.75) is 55.9 Å². The lowest BCUT2D eigenvalue weighted by Crippen LogP contribution is -2.49. The number of methoxy groups -OCH3 is 1. The number of alkyl halides is 3. The number of ether oxygens (including phenoxy) is 1. The number of aromatic nitrogens is 2. The van der Waals surface area contributed by atoms with E-state index in [1.54, 1.807) is 19.2 Å². The molecule has 250 valence electrons. The van der Waals surface area contributed by atoms with Crippen LogP contribution in [-0.2, 0) is 25.7 Å². The highest BCUT2D eigenvalue weighted by Crippen LogP contribution is 2.40. The first-order valence-electron chi connectivity index (χ1n) is 16.4. The lowest BCUT2D eigenvalue weighted by atomic mass is 10.0. The topological polar surface area (TPSA) is 69.0 Å². The fourth-order valence-electron chi connectivity index (χ4n) is 6.84. The quantitative estimate of drug-likeness (QED) is 0.280. The van der Waals surface area contributed by atoms with E-state index in [-0.39, 0.29) is 4.90 Å². The molecule has 12 heteroatoms. The van der Waals surface area contributed by atoms with Gasteiger partial charge in [0.05, 0.1) is 31.0 Å². The van der Waals surface area contributed by atoms with Gasteiger partial charge < -0.3 is 25.0 Å². The van der Waals surface area contributed by atoms with Crippen molar-refractivity contribution < 1.29 is 23.0 Å². The summed E-state index contributed by atoms with van der Waals surface area (Å²) in [7, 11) is 1.67. The number of rotatable bonds is 11. The van der Waals surface area contributed by atoms with Gasteiger partial charge in [-0.1, -0.05) is 18.6 Å². The van der Waals surface area contributed by atoms with Gasteiger partial charge in [-0.2, -0.15) is 18.3 Å². The highest BCUT2D eigenvalue weighted by Gasteiger charge is 2.34. The third-order valence-electron chi connectivity index (χ3n) is 9.32. The molecule has 8 nitrogen and oxygen atoms in total. The molecule has 3 aromatic rings. The van der Waals surface area contributed by atoms with Crippen molar-refractivity contribution in [1.82, 2.24) is 24.9 Å². The third kappa shape index (κ3) is 8.02. The predicted molar refractivity (Wildman–Crippen MR) is 177 cm³/mol. The summed E-state index contributed by atoms with van der Waals surface area (Å²) in [5.41, 5.74) is 4.00. The molecule has 2 fully saturated rings. The minimum Gasteiger partial charge on any atom is -0.497 e. The summed E-state index contributed by atoms with van der Waals surface area (Å²) < 4.78 is 49.3. The van der Waals surface area contributed by atoms with Gasteiger partial charge in [0.25, 0.3) is 0 Å². The molecule has 3 aliphatic rings. The molecule has 1 aromatic heterocycles. The number of thioether (sulfide) groups is 1. The smallest absolute Gasteiger partial charge is 0.417 e. The molecule has 6 rings (SSSR count). The van der Waals surface area contributed by atoms with E-state index in [0.29, 0.717) is 36.6 Å². The molecule has 1 atom stereocenters. The van der Waals surface area contributed by atoms with Gasteiger partial charge in [-0.25, -0.2) is 0 Å². The monoisotopic (exact) mass is 658 g/mol. The molecular weight excluding hydrogens is 613 g/mol. The standard InChI is InChI=1S/C34H45F3N6O2S/c1-45-28-7-5-6-26(21-28)42-16-14-41(15-17-42)23-27(44)24-43-31-10-11-38-22-29(31)33(39-43)25-8-9-30(34(35,36)37)32(20-25)46-19-18-40-12-3-2-4-13-40/h5-9,20-21,27,38,44H,2-4,10-19,22-24H2,1H3. The summed E-state index contributed by atoms with van der Waals surface area (Å²) in [5, 5.41) is 19.5. The van der Waals surface area contributed by atoms with Gasteiger partial charge in [0.2, 0.25) is 0 Å². The maximum atomic E-state index is 14.0. The predicted octanol–water partition coefficient (Wildman–Crippen LogP) is 4.98. The second-order valence-electron chi connectivity index (χ2n) is 12.5. The molecule has 0 bridgehead atoms. The number of benzene rings is 2. The molecule has 0 amide bonds. The van der Waals surface area contributed by atoms with Gasteiger partial charge in [0.15, 0.2) is 0 Å². The van der Waals surface area contributed by atoms with Gasteiger partial charge in [-0.05, 0) is 50.2 Å². The second-order valence-corrected chi connectivity index (χ2v) is 13.6. The summed E-state index contributed by atoms with van der Waals surface area (Å²) >= 11 is 1.28. The number of piperidine rings is 1. The molecule has 0 spiro atoms. The van der Waals surface area contributed by atoms with Gasteiger partial charge in [0, 0.05) is 98.0 Å². The number of β-amino-alcohol motifs (C(OH)–C–C–N with tert-alkyl or cyclic N) is 1. The molecule has 0 radical (unpaired) electrons. The number of likely N-dealkylation sites (tertiary alicyclic amines) is 1. The van der Waals surface area contributed by atoms with Crippen LogP contribution in [0.15, 0.2) is 47.4 Å². The summed E-state index contributed by atoms with van der Waals surface area (Å²) in [4.78, 5) is 7.22. The Bertz CT molecular complexity index is 1450. The van der Waals surface area contributed by atoms with E-state index in [0.717, 1.165) is 94.3 Å². The van der Waals surface area contributed by atoms with Gasteiger partial charge in [-0.15, -0.1) is 11.8 Å². The van der Waals surface area contributed by atoms with Crippen LogP contribution in [0, 0.1) is 0 Å². The van der Waals surface area contributed by atoms with Crippen LogP contribution in [0.25, 0.3) is 11.3 Å². The Kier molecular flexibility index (Phi) is 10.8. The van der Waals surface area contributed by atoms with Crippen molar-refractivity contribution in [3.63, 3.8) is 0 Å². The number of aliphatic hydroxyl groups excluding tert-OH is 1. The number of hydrogen-bond donors (Lipinski definition) is 2. The van der Waals surface area contributed by atoms with Crippen molar-refractivity contribution in [1.29, 1.82) is 0 Å². The van der Waals surface area contributed by atoms with Crippen molar-refractivity contribution in [3.8, 4) is 17.0 Å². The summed E-state index contributed by atoms with van der Waals surface area (Å²) in [6.45, 7) is 8.50. The van der Waals surface area contributed by atoms with Crippen LogP contribution in [-0.4, -0.2) is 103 Å². The number of nitrogens with zero attached hydrogens (tertiary/aromatic N) is 5.